The molecule has 0 aromatic carbocycles. The average Bonchev–Trinajstić information content (AvgIpc) is 2.28. The van der Waals surface area contributed by atoms with Gasteiger partial charge in [0.15, 0.2) is 0 Å². The molecule has 0 amide bonds. The molecule has 0 radical (unpaired) electrons. The highest BCUT2D eigenvalue weighted by atomic mass is 14.9. The first-order chi connectivity index (χ1) is 8.10. The van der Waals surface area contributed by atoms with Crippen LogP contribution in [-0.4, -0.2) is 16.5 Å². The maximum absolute atomic E-state index is 5.77. The third-order valence-electron chi connectivity index (χ3n) is 3.55. The van der Waals surface area contributed by atoms with Crippen molar-refractivity contribution in [3.8, 4) is 0 Å². The summed E-state index contributed by atoms with van der Waals surface area (Å²) < 4.78 is 0. The third kappa shape index (κ3) is 2.83. The Morgan fingerprint density at radius 1 is 1.35 bits per heavy atom. The smallest absolute Gasteiger partial charge is 0.129 e. The summed E-state index contributed by atoms with van der Waals surface area (Å²) in [5, 5.41) is 0. The fourth-order valence-electron chi connectivity index (χ4n) is 2.58. The first kappa shape index (κ1) is 12.5. The van der Waals surface area contributed by atoms with E-state index in [0.29, 0.717) is 11.8 Å². The van der Waals surface area contributed by atoms with Gasteiger partial charge in [-0.1, -0.05) is 13.8 Å². The Kier molecular flexibility index (Phi) is 3.77. The van der Waals surface area contributed by atoms with Gasteiger partial charge in [-0.05, 0) is 50.1 Å². The van der Waals surface area contributed by atoms with E-state index in [1.807, 2.05) is 0 Å². The van der Waals surface area contributed by atoms with Crippen LogP contribution in [0.25, 0.3) is 0 Å². The zero-order chi connectivity index (χ0) is 12.4. The summed E-state index contributed by atoms with van der Waals surface area (Å²) in [6, 6.07) is 0. The van der Waals surface area contributed by atoms with Gasteiger partial charge >= 0.3 is 0 Å². The normalized spacial score (nSPS) is 19.5. The molecular weight excluding hydrogens is 210 g/mol. The maximum Gasteiger partial charge on any atom is 0.129 e. The van der Waals surface area contributed by atoms with E-state index >= 15 is 0 Å². The first-order valence-corrected chi connectivity index (χ1v) is 6.65. The van der Waals surface area contributed by atoms with Crippen molar-refractivity contribution in [3.63, 3.8) is 0 Å². The van der Waals surface area contributed by atoms with Crippen LogP contribution < -0.4 is 5.73 Å². The molecule has 1 aliphatic rings. The summed E-state index contributed by atoms with van der Waals surface area (Å²) in [4.78, 5) is 9.37. The second-order valence-corrected chi connectivity index (χ2v) is 5.59. The van der Waals surface area contributed by atoms with Crippen molar-refractivity contribution in [1.82, 2.24) is 9.97 Å². The molecule has 3 nitrogen and oxygen atoms in total. The van der Waals surface area contributed by atoms with E-state index < -0.39 is 0 Å². The fraction of sp³-hybridized carbons (Fsp3) is 0.714. The number of hydrogen-bond donors (Lipinski definition) is 1. The predicted molar refractivity (Wildman–Crippen MR) is 69.9 cm³/mol. The summed E-state index contributed by atoms with van der Waals surface area (Å²) >= 11 is 0. The topological polar surface area (TPSA) is 51.8 Å². The van der Waals surface area contributed by atoms with Gasteiger partial charge in [0.05, 0.1) is 0 Å². The van der Waals surface area contributed by atoms with Crippen molar-refractivity contribution in [2.75, 3.05) is 6.54 Å². The Morgan fingerprint density at radius 2 is 2.12 bits per heavy atom. The number of aryl methyl sites for hydroxylation is 2. The SMILES string of the molecule is Cc1nc(CC(C)C)nc2c1CC(CN)CC2. The lowest BCUT2D eigenvalue weighted by Crippen LogP contribution is -2.24. The molecule has 3 heteroatoms. The van der Waals surface area contributed by atoms with Crippen molar-refractivity contribution >= 4 is 0 Å². The summed E-state index contributed by atoms with van der Waals surface area (Å²) in [5.41, 5.74) is 9.57. The Labute approximate surface area is 104 Å². The highest BCUT2D eigenvalue weighted by Gasteiger charge is 2.21. The minimum atomic E-state index is 0.618. The monoisotopic (exact) mass is 233 g/mol. The molecule has 2 rings (SSSR count). The van der Waals surface area contributed by atoms with Gasteiger partial charge in [0, 0.05) is 17.8 Å². The van der Waals surface area contributed by atoms with E-state index in [1.54, 1.807) is 0 Å². The highest BCUT2D eigenvalue weighted by Crippen LogP contribution is 2.25. The number of aromatic nitrogens is 2. The van der Waals surface area contributed by atoms with Gasteiger partial charge in [-0.15, -0.1) is 0 Å². The lowest BCUT2D eigenvalue weighted by Gasteiger charge is -2.24. The maximum atomic E-state index is 5.77. The molecule has 94 valence electrons. The van der Waals surface area contributed by atoms with E-state index in [0.717, 1.165) is 31.6 Å². The molecule has 0 spiro atoms. The molecule has 1 aromatic rings. The summed E-state index contributed by atoms with van der Waals surface area (Å²) in [7, 11) is 0. The quantitative estimate of drug-likeness (QED) is 0.869. The second-order valence-electron chi connectivity index (χ2n) is 5.59. The van der Waals surface area contributed by atoms with Crippen LogP contribution in [0.15, 0.2) is 0 Å². The van der Waals surface area contributed by atoms with Crippen LogP contribution in [0.4, 0.5) is 0 Å². The molecular formula is C14H23N3. The second kappa shape index (κ2) is 5.13. The fourth-order valence-corrected chi connectivity index (χ4v) is 2.58. The highest BCUT2D eigenvalue weighted by molar-refractivity contribution is 5.28. The van der Waals surface area contributed by atoms with Gasteiger partial charge in [0.25, 0.3) is 0 Å². The number of fused-ring (bicyclic) bond motifs is 1. The van der Waals surface area contributed by atoms with Crippen molar-refractivity contribution < 1.29 is 0 Å². The van der Waals surface area contributed by atoms with E-state index in [2.05, 4.69) is 25.8 Å². The minimum absolute atomic E-state index is 0.618. The van der Waals surface area contributed by atoms with E-state index in [-0.39, 0.29) is 0 Å². The van der Waals surface area contributed by atoms with Crippen LogP contribution in [0, 0.1) is 18.8 Å². The Balaban J connectivity index is 2.26. The molecule has 1 unspecified atom stereocenters. The minimum Gasteiger partial charge on any atom is -0.330 e. The largest absolute Gasteiger partial charge is 0.330 e. The summed E-state index contributed by atoms with van der Waals surface area (Å²) in [6.45, 7) is 7.32. The van der Waals surface area contributed by atoms with Gasteiger partial charge in [-0.2, -0.15) is 0 Å². The van der Waals surface area contributed by atoms with Gasteiger partial charge in [-0.3, -0.25) is 0 Å². The van der Waals surface area contributed by atoms with Gasteiger partial charge < -0.3 is 5.73 Å². The van der Waals surface area contributed by atoms with Crippen LogP contribution in [0.3, 0.4) is 0 Å². The molecule has 0 fully saturated rings. The number of rotatable bonds is 3. The van der Waals surface area contributed by atoms with Gasteiger partial charge in [0.1, 0.15) is 5.82 Å². The summed E-state index contributed by atoms with van der Waals surface area (Å²) in [6.07, 6.45) is 4.31. The van der Waals surface area contributed by atoms with E-state index in [1.165, 1.54) is 23.4 Å². The Morgan fingerprint density at radius 3 is 2.76 bits per heavy atom. The lowest BCUT2D eigenvalue weighted by atomic mass is 9.86. The van der Waals surface area contributed by atoms with Crippen molar-refractivity contribution in [3.05, 3.63) is 22.8 Å². The standard InChI is InChI=1S/C14H23N3/c1-9(2)6-14-16-10(3)12-7-11(8-15)4-5-13(12)17-14/h9,11H,4-8,15H2,1-3H3. The zero-order valence-corrected chi connectivity index (χ0v) is 11.2. The van der Waals surface area contributed by atoms with Crippen molar-refractivity contribution in [2.45, 2.75) is 46.5 Å². The van der Waals surface area contributed by atoms with Crippen LogP contribution in [-0.2, 0) is 19.3 Å². The summed E-state index contributed by atoms with van der Waals surface area (Å²) in [5.74, 6) is 2.26. The van der Waals surface area contributed by atoms with Crippen LogP contribution in [0.1, 0.15) is 43.0 Å². The number of nitrogens with zero attached hydrogens (tertiary/aromatic N) is 2. The van der Waals surface area contributed by atoms with Crippen molar-refractivity contribution in [1.29, 1.82) is 0 Å². The molecule has 0 aliphatic heterocycles. The molecule has 1 aromatic heterocycles. The molecule has 1 heterocycles. The van der Waals surface area contributed by atoms with Crippen LogP contribution in [0.5, 0.6) is 0 Å². The van der Waals surface area contributed by atoms with E-state index in [4.69, 9.17) is 10.7 Å². The third-order valence-corrected chi connectivity index (χ3v) is 3.55. The molecule has 0 bridgehead atoms. The Bertz CT molecular complexity index is 399. The average molecular weight is 233 g/mol. The zero-order valence-electron chi connectivity index (χ0n) is 11.2. The van der Waals surface area contributed by atoms with Gasteiger partial charge in [-0.25, -0.2) is 9.97 Å². The first-order valence-electron chi connectivity index (χ1n) is 6.65. The molecule has 0 saturated heterocycles. The molecule has 2 N–H and O–H groups in total. The molecule has 1 atom stereocenters. The predicted octanol–water partition coefficient (Wildman–Crippen LogP) is 2.05. The molecule has 1 aliphatic carbocycles. The van der Waals surface area contributed by atoms with Gasteiger partial charge in [0.2, 0.25) is 0 Å². The number of hydrogen-bond acceptors (Lipinski definition) is 3. The molecule has 17 heavy (non-hydrogen) atoms. The Hall–Kier alpha value is -0.960. The van der Waals surface area contributed by atoms with Crippen LogP contribution in [0.2, 0.25) is 0 Å². The number of nitrogens with two attached hydrogens (primary N) is 1. The van der Waals surface area contributed by atoms with Crippen LogP contribution >= 0.6 is 0 Å². The lowest BCUT2D eigenvalue weighted by molar-refractivity contribution is 0.456. The van der Waals surface area contributed by atoms with E-state index in [9.17, 15) is 0 Å². The van der Waals surface area contributed by atoms with Crippen molar-refractivity contribution in [2.24, 2.45) is 17.6 Å². The molecule has 0 saturated carbocycles.